The number of alkyl halides is 4. The predicted octanol–water partition coefficient (Wildman–Crippen LogP) is 6.31. The maximum Gasteiger partial charge on any atom is 0.461 e. The molecule has 2 N–H and O–H groups in total. The van der Waals surface area contributed by atoms with Crippen molar-refractivity contribution < 1.29 is 27.1 Å². The maximum atomic E-state index is 13.7. The molecule has 4 rings (SSSR count). The van der Waals surface area contributed by atoms with Gasteiger partial charge in [-0.05, 0) is 54.7 Å². The highest BCUT2D eigenvalue weighted by atomic mass is 35.5. The van der Waals surface area contributed by atoms with Crippen molar-refractivity contribution in [1.82, 2.24) is 15.6 Å². The molecular weight excluding hydrogens is 498 g/mol. The second-order valence-corrected chi connectivity index (χ2v) is 9.08. The third-order valence-corrected chi connectivity index (χ3v) is 6.30. The fourth-order valence-electron chi connectivity index (χ4n) is 4.05. The van der Waals surface area contributed by atoms with Gasteiger partial charge in [-0.3, -0.25) is 4.98 Å². The van der Waals surface area contributed by atoms with Crippen molar-refractivity contribution in [3.05, 3.63) is 94.8 Å². The van der Waals surface area contributed by atoms with Crippen LogP contribution in [-0.4, -0.2) is 29.6 Å². The van der Waals surface area contributed by atoms with Crippen molar-refractivity contribution in [3.8, 4) is 5.75 Å². The number of carbonyl (C=O) groups is 1. The number of ether oxygens (including phenoxy) is 1. The number of hydrogen-bond donors (Lipinski definition) is 2. The number of urea groups is 1. The van der Waals surface area contributed by atoms with E-state index in [-0.39, 0.29) is 12.5 Å². The molecule has 1 atom stereocenters. The second kappa shape index (κ2) is 10.7. The number of nitrogens with zero attached hydrogens (tertiary/aromatic N) is 1. The number of pyridine rings is 1. The van der Waals surface area contributed by atoms with Crippen LogP contribution in [0.1, 0.15) is 36.1 Å². The third kappa shape index (κ3) is 5.90. The first-order chi connectivity index (χ1) is 17.2. The lowest BCUT2D eigenvalue weighted by Crippen LogP contribution is -2.55. The molecule has 1 saturated carbocycles. The molecule has 1 fully saturated rings. The number of hydrogen-bond acceptors (Lipinski definition) is 3. The smallest absolute Gasteiger partial charge is 0.428 e. The molecular formula is C26H24ClF4N3O2. The van der Waals surface area contributed by atoms with Gasteiger partial charge in [0.1, 0.15) is 11.3 Å². The summed E-state index contributed by atoms with van der Waals surface area (Å²) < 4.78 is 57.3. The van der Waals surface area contributed by atoms with Crippen LogP contribution >= 0.6 is 11.6 Å². The van der Waals surface area contributed by atoms with Crippen LogP contribution in [0.4, 0.5) is 22.4 Å². The van der Waals surface area contributed by atoms with Crippen LogP contribution < -0.4 is 15.4 Å². The molecule has 0 saturated heterocycles. The average molecular weight is 522 g/mol. The first-order valence-electron chi connectivity index (χ1n) is 11.4. The van der Waals surface area contributed by atoms with Crippen LogP contribution in [0, 0.1) is 0 Å². The molecule has 0 bridgehead atoms. The molecule has 5 nitrogen and oxygen atoms in total. The average Bonchev–Trinajstić information content (AvgIpc) is 2.82. The summed E-state index contributed by atoms with van der Waals surface area (Å²) >= 11 is 6.06. The Morgan fingerprint density at radius 1 is 1.08 bits per heavy atom. The molecule has 0 radical (unpaired) electrons. The molecule has 1 heterocycles. The summed E-state index contributed by atoms with van der Waals surface area (Å²) in [7, 11) is 0. The van der Waals surface area contributed by atoms with Crippen molar-refractivity contribution in [1.29, 1.82) is 0 Å². The fraction of sp³-hybridized carbons (Fsp3) is 0.308. The Hall–Kier alpha value is -3.33. The molecule has 0 spiro atoms. The zero-order chi connectivity index (χ0) is 25.8. The first kappa shape index (κ1) is 25.8. The summed E-state index contributed by atoms with van der Waals surface area (Å²) in [6, 6.07) is 17.3. The quantitative estimate of drug-likeness (QED) is 0.324. The van der Waals surface area contributed by atoms with E-state index in [9.17, 15) is 22.4 Å². The maximum absolute atomic E-state index is 13.7. The van der Waals surface area contributed by atoms with Crippen molar-refractivity contribution in [2.75, 3.05) is 0 Å². The normalized spacial score (nSPS) is 15.6. The minimum atomic E-state index is -4.69. The Morgan fingerprint density at radius 3 is 2.44 bits per heavy atom. The van der Waals surface area contributed by atoms with E-state index in [2.05, 4.69) is 20.4 Å². The van der Waals surface area contributed by atoms with E-state index >= 15 is 0 Å². The minimum absolute atomic E-state index is 0.0250. The lowest BCUT2D eigenvalue weighted by Gasteiger charge is -2.37. The lowest BCUT2D eigenvalue weighted by atomic mass is 9.80. The number of amides is 2. The predicted molar refractivity (Wildman–Crippen MR) is 128 cm³/mol. The molecule has 190 valence electrons. The largest absolute Gasteiger partial charge is 0.461 e. The van der Waals surface area contributed by atoms with Crippen LogP contribution in [0.25, 0.3) is 0 Å². The molecule has 3 aromatic rings. The Bertz CT molecular complexity index is 1180. The second-order valence-electron chi connectivity index (χ2n) is 8.65. The molecule has 10 heteroatoms. The fourth-order valence-corrected chi connectivity index (χ4v) is 4.16. The van der Waals surface area contributed by atoms with Crippen LogP contribution in [0.5, 0.6) is 5.75 Å². The van der Waals surface area contributed by atoms with E-state index in [1.54, 1.807) is 18.2 Å². The number of nitrogens with one attached hydrogen (secondary N) is 2. The van der Waals surface area contributed by atoms with Crippen molar-refractivity contribution >= 4 is 17.6 Å². The molecule has 1 aliphatic rings. The Morgan fingerprint density at radius 2 is 1.83 bits per heavy atom. The zero-order valence-electron chi connectivity index (χ0n) is 19.1. The molecule has 2 aromatic carbocycles. The van der Waals surface area contributed by atoms with Gasteiger partial charge in [0.25, 0.3) is 0 Å². The number of aromatic nitrogens is 1. The van der Waals surface area contributed by atoms with E-state index in [1.807, 2.05) is 30.3 Å². The van der Waals surface area contributed by atoms with Gasteiger partial charge < -0.3 is 15.4 Å². The van der Waals surface area contributed by atoms with Gasteiger partial charge in [0.2, 0.25) is 0 Å². The number of halogens is 5. The third-order valence-electron chi connectivity index (χ3n) is 6.08. The van der Waals surface area contributed by atoms with Crippen LogP contribution in [0.2, 0.25) is 5.02 Å². The Balaban J connectivity index is 1.82. The summed E-state index contributed by atoms with van der Waals surface area (Å²) in [5.74, 6) is -0.481. The molecule has 1 aromatic heterocycles. The van der Waals surface area contributed by atoms with E-state index in [4.69, 9.17) is 11.6 Å². The van der Waals surface area contributed by atoms with Crippen molar-refractivity contribution in [2.24, 2.45) is 0 Å². The minimum Gasteiger partial charge on any atom is -0.428 e. The van der Waals surface area contributed by atoms with Gasteiger partial charge >= 0.3 is 18.6 Å². The van der Waals surface area contributed by atoms with Gasteiger partial charge in [0, 0.05) is 18.7 Å². The van der Waals surface area contributed by atoms with Gasteiger partial charge in [-0.15, -0.1) is 0 Å². The van der Waals surface area contributed by atoms with E-state index < -0.39 is 29.9 Å². The van der Waals surface area contributed by atoms with E-state index in [0.29, 0.717) is 16.3 Å². The zero-order valence-corrected chi connectivity index (χ0v) is 19.8. The highest BCUT2D eigenvalue weighted by molar-refractivity contribution is 6.30. The Labute approximate surface area is 210 Å². The SMILES string of the molecule is O=C(NC1CCC1)NC(Cc1ccccc1)(c1cccc(OC(F)(F)C(F)F)c1)c1ccc(Cl)cn1. The molecule has 1 aliphatic carbocycles. The van der Waals surface area contributed by atoms with Crippen molar-refractivity contribution in [2.45, 2.75) is 49.8 Å². The van der Waals surface area contributed by atoms with Crippen molar-refractivity contribution in [3.63, 3.8) is 0 Å². The molecule has 36 heavy (non-hydrogen) atoms. The number of benzene rings is 2. The number of rotatable bonds is 9. The number of carbonyl (C=O) groups excluding carboxylic acids is 1. The monoisotopic (exact) mass is 521 g/mol. The topological polar surface area (TPSA) is 63.2 Å². The van der Waals surface area contributed by atoms with Crippen LogP contribution in [0.15, 0.2) is 72.9 Å². The van der Waals surface area contributed by atoms with Crippen LogP contribution in [-0.2, 0) is 12.0 Å². The summed E-state index contributed by atoms with van der Waals surface area (Å²) in [6.07, 6.45) is -4.40. The van der Waals surface area contributed by atoms with E-state index in [1.165, 1.54) is 18.3 Å². The highest BCUT2D eigenvalue weighted by Gasteiger charge is 2.45. The van der Waals surface area contributed by atoms with Gasteiger partial charge in [-0.2, -0.15) is 17.6 Å². The van der Waals surface area contributed by atoms with Crippen LogP contribution in [0.3, 0.4) is 0 Å². The van der Waals surface area contributed by atoms with Gasteiger partial charge in [0.05, 0.1) is 10.7 Å². The van der Waals surface area contributed by atoms with Gasteiger partial charge in [-0.25, -0.2) is 4.79 Å². The summed E-state index contributed by atoms with van der Waals surface area (Å²) in [5, 5.41) is 6.28. The lowest BCUT2D eigenvalue weighted by molar-refractivity contribution is -0.253. The summed E-state index contributed by atoms with van der Waals surface area (Å²) in [4.78, 5) is 17.6. The highest BCUT2D eigenvalue weighted by Crippen LogP contribution is 2.36. The molecule has 0 aliphatic heterocycles. The van der Waals surface area contributed by atoms with Gasteiger partial charge in [0.15, 0.2) is 0 Å². The molecule has 2 amide bonds. The van der Waals surface area contributed by atoms with Gasteiger partial charge in [-0.1, -0.05) is 54.1 Å². The summed E-state index contributed by atoms with van der Waals surface area (Å²) in [5.41, 5.74) is 0.117. The molecule has 1 unspecified atom stereocenters. The standard InChI is InChI=1S/C26H24ClF4N3O2/c27-19-12-13-22(32-16-19)25(15-17-6-2-1-3-7-17,34-24(35)33-20-9-5-10-20)18-8-4-11-21(14-18)36-26(30,31)23(28)29/h1-4,6-8,11-14,16,20,23H,5,9-10,15H2,(H2,33,34,35). The van der Waals surface area contributed by atoms with E-state index in [0.717, 1.165) is 30.9 Å². The summed E-state index contributed by atoms with van der Waals surface area (Å²) in [6.45, 7) is 0. The first-order valence-corrected chi connectivity index (χ1v) is 11.8. The Kier molecular flexibility index (Phi) is 7.68.